The van der Waals surface area contributed by atoms with Gasteiger partial charge in [0.2, 0.25) is 0 Å². The Morgan fingerprint density at radius 1 is 0.857 bits per heavy atom. The average Bonchev–Trinajstić information content (AvgIpc) is 2.87. The molecule has 0 aliphatic rings. The SMILES string of the molecule is S/C(=C(\S)c1cccs1)c1cccs1. The van der Waals surface area contributed by atoms with E-state index in [1.165, 1.54) is 0 Å². The van der Waals surface area contributed by atoms with Crippen molar-refractivity contribution in [2.24, 2.45) is 0 Å². The van der Waals surface area contributed by atoms with Gasteiger partial charge < -0.3 is 0 Å². The van der Waals surface area contributed by atoms with Crippen molar-refractivity contribution < 1.29 is 0 Å². The topological polar surface area (TPSA) is 0 Å². The van der Waals surface area contributed by atoms with Gasteiger partial charge in [-0.15, -0.1) is 47.9 Å². The molecule has 0 atom stereocenters. The maximum atomic E-state index is 4.49. The van der Waals surface area contributed by atoms with E-state index in [9.17, 15) is 0 Å². The molecule has 0 nitrogen and oxygen atoms in total. The second kappa shape index (κ2) is 4.57. The van der Waals surface area contributed by atoms with Crippen LogP contribution in [0.3, 0.4) is 0 Å². The summed E-state index contributed by atoms with van der Waals surface area (Å²) >= 11 is 12.3. The molecule has 0 aliphatic carbocycles. The normalized spacial score (nSPS) is 12.7. The van der Waals surface area contributed by atoms with Crippen LogP contribution in [-0.4, -0.2) is 0 Å². The van der Waals surface area contributed by atoms with Crippen molar-refractivity contribution in [2.75, 3.05) is 0 Å². The highest BCUT2D eigenvalue weighted by molar-refractivity contribution is 7.97. The van der Waals surface area contributed by atoms with Crippen molar-refractivity contribution >= 4 is 57.7 Å². The molecule has 0 saturated carbocycles. The van der Waals surface area contributed by atoms with E-state index in [-0.39, 0.29) is 0 Å². The van der Waals surface area contributed by atoms with E-state index in [1.54, 1.807) is 22.7 Å². The summed E-state index contributed by atoms with van der Waals surface area (Å²) in [5, 5.41) is 4.09. The third-order valence-electron chi connectivity index (χ3n) is 1.73. The number of rotatable bonds is 2. The van der Waals surface area contributed by atoms with Gasteiger partial charge in [0.05, 0.1) is 0 Å². The van der Waals surface area contributed by atoms with Gasteiger partial charge in [0.25, 0.3) is 0 Å². The van der Waals surface area contributed by atoms with Crippen LogP contribution in [0.4, 0.5) is 0 Å². The summed E-state index contributed by atoms with van der Waals surface area (Å²) in [5.41, 5.74) is 0. The first-order valence-electron chi connectivity index (χ1n) is 3.99. The summed E-state index contributed by atoms with van der Waals surface area (Å²) in [4.78, 5) is 4.22. The predicted molar refractivity (Wildman–Crippen MR) is 73.4 cm³/mol. The number of thiophene rings is 2. The quantitative estimate of drug-likeness (QED) is 0.727. The standard InChI is InChI=1S/C10H8S4/c11-9(7-3-1-5-13-7)10(12)8-4-2-6-14-8/h1-6,11-12H/b10-9-. The third kappa shape index (κ3) is 2.08. The molecule has 0 aromatic carbocycles. The minimum atomic E-state index is 0.950. The second-order valence-electron chi connectivity index (χ2n) is 2.65. The lowest BCUT2D eigenvalue weighted by atomic mass is 10.3. The maximum absolute atomic E-state index is 4.49. The first-order valence-corrected chi connectivity index (χ1v) is 6.64. The Morgan fingerprint density at radius 3 is 1.57 bits per heavy atom. The van der Waals surface area contributed by atoms with Gasteiger partial charge in [-0.3, -0.25) is 0 Å². The van der Waals surface area contributed by atoms with Crippen molar-refractivity contribution in [3.63, 3.8) is 0 Å². The smallest absolute Gasteiger partial charge is 0.0415 e. The molecule has 0 saturated heterocycles. The van der Waals surface area contributed by atoms with E-state index in [4.69, 9.17) is 0 Å². The van der Waals surface area contributed by atoms with Gasteiger partial charge >= 0.3 is 0 Å². The molecule has 2 rings (SSSR count). The Kier molecular flexibility index (Phi) is 3.38. The van der Waals surface area contributed by atoms with Crippen molar-refractivity contribution in [2.45, 2.75) is 0 Å². The van der Waals surface area contributed by atoms with E-state index >= 15 is 0 Å². The summed E-state index contributed by atoms with van der Waals surface area (Å²) in [6.07, 6.45) is 0. The maximum Gasteiger partial charge on any atom is 0.0415 e. The summed E-state index contributed by atoms with van der Waals surface area (Å²) in [7, 11) is 0. The van der Waals surface area contributed by atoms with E-state index in [2.05, 4.69) is 37.4 Å². The molecular formula is C10H8S4. The molecule has 2 aromatic rings. The minimum Gasteiger partial charge on any atom is -0.143 e. The van der Waals surface area contributed by atoms with Crippen LogP contribution in [-0.2, 0) is 0 Å². The van der Waals surface area contributed by atoms with Crippen LogP contribution in [0, 0.1) is 0 Å². The van der Waals surface area contributed by atoms with Crippen LogP contribution in [0.25, 0.3) is 9.81 Å². The van der Waals surface area contributed by atoms with Crippen molar-refractivity contribution in [3.05, 3.63) is 44.8 Å². The van der Waals surface area contributed by atoms with Crippen molar-refractivity contribution in [3.8, 4) is 0 Å². The van der Waals surface area contributed by atoms with Gasteiger partial charge in [0, 0.05) is 19.6 Å². The average molecular weight is 256 g/mol. The highest BCUT2D eigenvalue weighted by Gasteiger charge is 2.06. The van der Waals surface area contributed by atoms with Gasteiger partial charge in [-0.2, -0.15) is 0 Å². The zero-order valence-corrected chi connectivity index (χ0v) is 10.6. The Labute approximate surface area is 102 Å². The highest BCUT2D eigenvalue weighted by Crippen LogP contribution is 2.35. The summed E-state index contributed by atoms with van der Waals surface area (Å²) < 4.78 is 0. The Hall–Kier alpha value is -0.160. The monoisotopic (exact) mass is 256 g/mol. The fourth-order valence-corrected chi connectivity index (χ4v) is 3.27. The molecule has 2 aromatic heterocycles. The fourth-order valence-electron chi connectivity index (χ4n) is 1.06. The summed E-state index contributed by atoms with van der Waals surface area (Å²) in [6, 6.07) is 8.14. The van der Waals surface area contributed by atoms with Gasteiger partial charge in [-0.05, 0) is 22.9 Å². The first kappa shape index (κ1) is 10.4. The lowest BCUT2D eigenvalue weighted by Crippen LogP contribution is -1.73. The highest BCUT2D eigenvalue weighted by atomic mass is 32.1. The Balaban J connectivity index is 2.41. The van der Waals surface area contributed by atoms with Crippen LogP contribution in [0.2, 0.25) is 0 Å². The molecule has 72 valence electrons. The number of hydrogen-bond donors (Lipinski definition) is 2. The summed E-state index contributed by atoms with van der Waals surface area (Å²) in [5.74, 6) is 0. The molecule has 0 amide bonds. The zero-order valence-electron chi connectivity index (χ0n) is 7.18. The van der Waals surface area contributed by atoms with Crippen LogP contribution >= 0.6 is 47.9 Å². The second-order valence-corrected chi connectivity index (χ2v) is 5.44. The van der Waals surface area contributed by atoms with E-state index in [0.717, 1.165) is 19.6 Å². The molecule has 0 radical (unpaired) electrons. The van der Waals surface area contributed by atoms with Crippen LogP contribution in [0.15, 0.2) is 35.0 Å². The molecule has 0 N–H and O–H groups in total. The van der Waals surface area contributed by atoms with Gasteiger partial charge in [-0.25, -0.2) is 0 Å². The fraction of sp³-hybridized carbons (Fsp3) is 0. The predicted octanol–water partition coefficient (Wildman–Crippen LogP) is 4.50. The molecular weight excluding hydrogens is 248 g/mol. The number of thiol groups is 2. The molecule has 0 fully saturated rings. The molecule has 14 heavy (non-hydrogen) atoms. The van der Waals surface area contributed by atoms with Crippen LogP contribution < -0.4 is 0 Å². The van der Waals surface area contributed by atoms with Gasteiger partial charge in [0.1, 0.15) is 0 Å². The summed E-state index contributed by atoms with van der Waals surface area (Å²) in [6.45, 7) is 0. The number of hydrogen-bond acceptors (Lipinski definition) is 4. The van der Waals surface area contributed by atoms with Crippen molar-refractivity contribution in [1.29, 1.82) is 0 Å². The molecule has 2 heterocycles. The van der Waals surface area contributed by atoms with Crippen LogP contribution in [0.1, 0.15) is 9.75 Å². The molecule has 0 unspecified atom stereocenters. The zero-order chi connectivity index (χ0) is 9.97. The van der Waals surface area contributed by atoms with Crippen LogP contribution in [0.5, 0.6) is 0 Å². The Bertz CT molecular complexity index is 380. The van der Waals surface area contributed by atoms with Gasteiger partial charge in [0.15, 0.2) is 0 Å². The van der Waals surface area contributed by atoms with Gasteiger partial charge in [-0.1, -0.05) is 12.1 Å². The molecule has 0 spiro atoms. The lowest BCUT2D eigenvalue weighted by molar-refractivity contribution is 1.92. The molecule has 4 heteroatoms. The lowest BCUT2D eigenvalue weighted by Gasteiger charge is -2.01. The minimum absolute atomic E-state index is 0.950. The third-order valence-corrected chi connectivity index (χ3v) is 4.92. The first-order chi connectivity index (χ1) is 6.79. The van der Waals surface area contributed by atoms with E-state index < -0.39 is 0 Å². The van der Waals surface area contributed by atoms with E-state index in [0.29, 0.717) is 0 Å². The van der Waals surface area contributed by atoms with E-state index in [1.807, 2.05) is 22.9 Å². The molecule has 0 bridgehead atoms. The largest absolute Gasteiger partial charge is 0.143 e. The molecule has 0 aliphatic heterocycles. The van der Waals surface area contributed by atoms with Crippen molar-refractivity contribution in [1.82, 2.24) is 0 Å². The Morgan fingerprint density at radius 2 is 1.29 bits per heavy atom.